The number of ether oxygens (including phenoxy) is 1. The number of methoxy groups -OCH3 is 1. The Morgan fingerprint density at radius 3 is 2.65 bits per heavy atom. The number of carbonyl (C=O) groups is 1. The molecule has 112 valence electrons. The van der Waals surface area contributed by atoms with Gasteiger partial charge in [-0.25, -0.2) is 0 Å². The highest BCUT2D eigenvalue weighted by molar-refractivity contribution is 9.10. The van der Waals surface area contributed by atoms with Gasteiger partial charge in [-0.05, 0) is 31.5 Å². The molecule has 0 aliphatic rings. The largest absolute Gasteiger partial charge is 0.417 e. The molecule has 0 spiro atoms. The summed E-state index contributed by atoms with van der Waals surface area (Å²) in [6.45, 7) is 2.14. The molecular formula is C13H15BrF3NO2. The molecule has 1 aromatic carbocycles. The van der Waals surface area contributed by atoms with Crippen LogP contribution in [0.1, 0.15) is 29.3 Å². The van der Waals surface area contributed by atoms with Crippen molar-refractivity contribution in [2.45, 2.75) is 25.6 Å². The summed E-state index contributed by atoms with van der Waals surface area (Å²) in [6, 6.07) is 3.19. The van der Waals surface area contributed by atoms with Crippen molar-refractivity contribution >= 4 is 21.8 Å². The molecule has 0 aliphatic heterocycles. The summed E-state index contributed by atoms with van der Waals surface area (Å²) < 4.78 is 43.9. The van der Waals surface area contributed by atoms with E-state index in [2.05, 4.69) is 21.2 Å². The Kier molecular flexibility index (Phi) is 6.01. The van der Waals surface area contributed by atoms with Crippen molar-refractivity contribution in [1.82, 2.24) is 5.32 Å². The van der Waals surface area contributed by atoms with Gasteiger partial charge in [-0.1, -0.05) is 15.9 Å². The second-order valence-corrected chi connectivity index (χ2v) is 5.26. The maximum absolute atomic E-state index is 12.9. The average Bonchev–Trinajstić information content (AvgIpc) is 2.35. The van der Waals surface area contributed by atoms with E-state index in [0.29, 0.717) is 13.0 Å². The molecule has 0 radical (unpaired) electrons. The number of amides is 1. The number of hydrogen-bond donors (Lipinski definition) is 1. The molecule has 0 aromatic heterocycles. The van der Waals surface area contributed by atoms with Gasteiger partial charge in [0.05, 0.1) is 11.1 Å². The third-order valence-electron chi connectivity index (χ3n) is 2.66. The van der Waals surface area contributed by atoms with Gasteiger partial charge in [0, 0.05) is 24.2 Å². The van der Waals surface area contributed by atoms with Gasteiger partial charge in [-0.3, -0.25) is 4.79 Å². The van der Waals surface area contributed by atoms with Crippen molar-refractivity contribution in [2.24, 2.45) is 0 Å². The van der Waals surface area contributed by atoms with E-state index in [0.717, 1.165) is 12.1 Å². The van der Waals surface area contributed by atoms with Gasteiger partial charge in [0.2, 0.25) is 0 Å². The van der Waals surface area contributed by atoms with E-state index in [-0.39, 0.29) is 16.1 Å². The second-order valence-electron chi connectivity index (χ2n) is 4.34. The summed E-state index contributed by atoms with van der Waals surface area (Å²) in [6.07, 6.45) is -4.05. The van der Waals surface area contributed by atoms with Gasteiger partial charge in [0.25, 0.3) is 5.91 Å². The highest BCUT2D eigenvalue weighted by Crippen LogP contribution is 2.33. The standard InChI is InChI=1S/C13H15BrF3NO2/c1-8(5-6-20-2)18-12(19)10-4-3-9(14)7-11(10)13(15,16)17/h3-4,7-8H,5-6H2,1-2H3,(H,18,19). The third kappa shape index (κ3) is 4.79. The van der Waals surface area contributed by atoms with E-state index in [1.165, 1.54) is 13.2 Å². The first-order valence-electron chi connectivity index (χ1n) is 5.92. The van der Waals surface area contributed by atoms with Gasteiger partial charge in [-0.2, -0.15) is 13.2 Å². The Morgan fingerprint density at radius 2 is 2.10 bits per heavy atom. The van der Waals surface area contributed by atoms with Crippen molar-refractivity contribution in [3.8, 4) is 0 Å². The van der Waals surface area contributed by atoms with E-state index in [9.17, 15) is 18.0 Å². The van der Waals surface area contributed by atoms with Crippen LogP contribution in [0.5, 0.6) is 0 Å². The molecule has 20 heavy (non-hydrogen) atoms. The molecule has 0 fully saturated rings. The summed E-state index contributed by atoms with van der Waals surface area (Å²) in [5, 5.41) is 2.53. The number of hydrogen-bond acceptors (Lipinski definition) is 2. The first-order valence-corrected chi connectivity index (χ1v) is 6.71. The van der Waals surface area contributed by atoms with Crippen LogP contribution in [0.2, 0.25) is 0 Å². The van der Waals surface area contributed by atoms with Crippen LogP contribution in [-0.2, 0) is 10.9 Å². The fourth-order valence-electron chi connectivity index (χ4n) is 1.62. The molecule has 0 saturated carbocycles. The molecule has 0 heterocycles. The zero-order valence-corrected chi connectivity index (χ0v) is 12.6. The lowest BCUT2D eigenvalue weighted by atomic mass is 10.1. The normalized spacial score (nSPS) is 13.1. The monoisotopic (exact) mass is 353 g/mol. The highest BCUT2D eigenvalue weighted by Gasteiger charge is 2.35. The molecule has 1 N–H and O–H groups in total. The smallest absolute Gasteiger partial charge is 0.385 e. The zero-order valence-electron chi connectivity index (χ0n) is 11.1. The molecule has 1 unspecified atom stereocenters. The topological polar surface area (TPSA) is 38.3 Å². The van der Waals surface area contributed by atoms with Crippen LogP contribution in [0.4, 0.5) is 13.2 Å². The molecule has 0 aliphatic carbocycles. The van der Waals surface area contributed by atoms with Gasteiger partial charge < -0.3 is 10.1 Å². The molecular weight excluding hydrogens is 339 g/mol. The van der Waals surface area contributed by atoms with Gasteiger partial charge >= 0.3 is 6.18 Å². The predicted molar refractivity (Wildman–Crippen MR) is 72.6 cm³/mol. The Bertz CT molecular complexity index is 477. The number of rotatable bonds is 5. The van der Waals surface area contributed by atoms with E-state index in [1.54, 1.807) is 6.92 Å². The molecule has 1 rings (SSSR count). The van der Waals surface area contributed by atoms with Crippen LogP contribution >= 0.6 is 15.9 Å². The number of benzene rings is 1. The number of nitrogens with one attached hydrogen (secondary N) is 1. The molecule has 1 aromatic rings. The summed E-state index contributed by atoms with van der Waals surface area (Å²) in [5.74, 6) is -0.742. The van der Waals surface area contributed by atoms with E-state index < -0.39 is 17.6 Å². The molecule has 0 bridgehead atoms. The Labute approximate surface area is 123 Å². The minimum Gasteiger partial charge on any atom is -0.385 e. The van der Waals surface area contributed by atoms with Crippen molar-refractivity contribution in [2.75, 3.05) is 13.7 Å². The van der Waals surface area contributed by atoms with Gasteiger partial charge in [-0.15, -0.1) is 0 Å². The van der Waals surface area contributed by atoms with E-state index in [1.807, 2.05) is 0 Å². The first kappa shape index (κ1) is 17.0. The SMILES string of the molecule is COCCC(C)NC(=O)c1ccc(Br)cc1C(F)(F)F. The lowest BCUT2D eigenvalue weighted by molar-refractivity contribution is -0.138. The fraction of sp³-hybridized carbons (Fsp3) is 0.462. The maximum atomic E-state index is 12.9. The van der Waals surface area contributed by atoms with Crippen LogP contribution in [0.3, 0.4) is 0 Å². The Balaban J connectivity index is 2.93. The van der Waals surface area contributed by atoms with Crippen LogP contribution in [0.25, 0.3) is 0 Å². The van der Waals surface area contributed by atoms with E-state index >= 15 is 0 Å². The van der Waals surface area contributed by atoms with Crippen LogP contribution in [0.15, 0.2) is 22.7 Å². The number of halogens is 4. The summed E-state index contributed by atoms with van der Waals surface area (Å²) in [7, 11) is 1.52. The molecule has 1 atom stereocenters. The number of carbonyl (C=O) groups excluding carboxylic acids is 1. The lowest BCUT2D eigenvalue weighted by Gasteiger charge is -2.16. The first-order chi connectivity index (χ1) is 9.25. The van der Waals surface area contributed by atoms with Crippen molar-refractivity contribution in [3.05, 3.63) is 33.8 Å². The van der Waals surface area contributed by atoms with Crippen LogP contribution in [0, 0.1) is 0 Å². The third-order valence-corrected chi connectivity index (χ3v) is 3.16. The van der Waals surface area contributed by atoms with Crippen LogP contribution < -0.4 is 5.32 Å². The highest BCUT2D eigenvalue weighted by atomic mass is 79.9. The lowest BCUT2D eigenvalue weighted by Crippen LogP contribution is -2.34. The second kappa shape index (κ2) is 7.08. The number of alkyl halides is 3. The zero-order chi connectivity index (χ0) is 15.3. The van der Waals surface area contributed by atoms with Crippen molar-refractivity contribution < 1.29 is 22.7 Å². The average molecular weight is 354 g/mol. The summed E-state index contributed by atoms with van der Waals surface area (Å²) in [5.41, 5.74) is -1.34. The summed E-state index contributed by atoms with van der Waals surface area (Å²) in [4.78, 5) is 11.9. The van der Waals surface area contributed by atoms with Crippen molar-refractivity contribution in [3.63, 3.8) is 0 Å². The predicted octanol–water partition coefficient (Wildman–Crippen LogP) is 3.62. The minimum atomic E-state index is -4.58. The van der Waals surface area contributed by atoms with Crippen LogP contribution in [-0.4, -0.2) is 25.7 Å². The minimum absolute atomic E-state index is 0.271. The molecule has 3 nitrogen and oxygen atoms in total. The quantitative estimate of drug-likeness (QED) is 0.877. The fourth-order valence-corrected chi connectivity index (χ4v) is 1.98. The van der Waals surface area contributed by atoms with Gasteiger partial charge in [0.1, 0.15) is 0 Å². The molecule has 0 saturated heterocycles. The molecule has 7 heteroatoms. The Morgan fingerprint density at radius 1 is 1.45 bits per heavy atom. The van der Waals surface area contributed by atoms with Crippen molar-refractivity contribution in [1.29, 1.82) is 0 Å². The maximum Gasteiger partial charge on any atom is 0.417 e. The summed E-state index contributed by atoms with van der Waals surface area (Å²) >= 11 is 2.97. The van der Waals surface area contributed by atoms with E-state index in [4.69, 9.17) is 4.74 Å². The van der Waals surface area contributed by atoms with Gasteiger partial charge in [0.15, 0.2) is 0 Å². The Hall–Kier alpha value is -1.08. The molecule has 1 amide bonds.